The highest BCUT2D eigenvalue weighted by Crippen LogP contribution is 2.51. The summed E-state index contributed by atoms with van der Waals surface area (Å²) in [5, 5.41) is 5.50. The van der Waals surface area contributed by atoms with Crippen LogP contribution in [0.4, 0.5) is 19.3 Å². The van der Waals surface area contributed by atoms with Crippen molar-refractivity contribution in [3.63, 3.8) is 0 Å². The molecule has 5 rings (SSSR count). The SMILES string of the molecule is COc1ccc([C@@]23CC[C@H](NC(=O)Nc4cc(F)ccc4F)C[C@H]2N(C2CCOCC2)CC3)cc1OC. The lowest BCUT2D eigenvalue weighted by Gasteiger charge is -2.47. The maximum atomic E-state index is 14.1. The molecule has 3 fully saturated rings. The molecule has 37 heavy (non-hydrogen) atoms. The summed E-state index contributed by atoms with van der Waals surface area (Å²) in [7, 11) is 3.29. The van der Waals surface area contributed by atoms with E-state index in [9.17, 15) is 13.6 Å². The Hall–Kier alpha value is -2.91. The maximum absolute atomic E-state index is 14.1. The Kier molecular flexibility index (Phi) is 7.53. The molecule has 2 amide bonds. The molecule has 0 aromatic heterocycles. The Morgan fingerprint density at radius 2 is 1.81 bits per heavy atom. The predicted molar refractivity (Wildman–Crippen MR) is 136 cm³/mol. The van der Waals surface area contributed by atoms with Crippen molar-refractivity contribution in [1.29, 1.82) is 0 Å². The highest BCUT2D eigenvalue weighted by atomic mass is 19.1. The molecule has 2 saturated heterocycles. The number of halogens is 2. The topological polar surface area (TPSA) is 72.1 Å². The summed E-state index contributed by atoms with van der Waals surface area (Å²) in [5.41, 5.74) is 0.994. The molecular formula is C28H35F2N3O4. The molecule has 3 aliphatic rings. The lowest BCUT2D eigenvalue weighted by atomic mass is 9.65. The van der Waals surface area contributed by atoms with Gasteiger partial charge in [-0.3, -0.25) is 4.90 Å². The van der Waals surface area contributed by atoms with Crippen LogP contribution in [0.1, 0.15) is 44.1 Å². The molecule has 0 bridgehead atoms. The van der Waals surface area contributed by atoms with Crippen LogP contribution in [-0.4, -0.2) is 63.0 Å². The van der Waals surface area contributed by atoms with E-state index in [2.05, 4.69) is 27.7 Å². The minimum Gasteiger partial charge on any atom is -0.493 e. The number of carbonyl (C=O) groups is 1. The number of nitrogens with zero attached hydrogens (tertiary/aromatic N) is 1. The van der Waals surface area contributed by atoms with Crippen LogP contribution in [0.15, 0.2) is 36.4 Å². The average Bonchev–Trinajstić information content (AvgIpc) is 3.30. The van der Waals surface area contributed by atoms with E-state index < -0.39 is 17.7 Å². The third kappa shape index (κ3) is 5.11. The minimum atomic E-state index is -0.672. The number of urea groups is 1. The maximum Gasteiger partial charge on any atom is 0.319 e. The summed E-state index contributed by atoms with van der Waals surface area (Å²) in [5.74, 6) is 0.144. The van der Waals surface area contributed by atoms with Crippen molar-refractivity contribution in [3.8, 4) is 11.5 Å². The first-order valence-corrected chi connectivity index (χ1v) is 13.0. The van der Waals surface area contributed by atoms with Crippen molar-refractivity contribution in [1.82, 2.24) is 10.2 Å². The van der Waals surface area contributed by atoms with E-state index in [-0.39, 0.29) is 23.2 Å². The molecule has 2 aromatic carbocycles. The van der Waals surface area contributed by atoms with E-state index in [0.717, 1.165) is 82.2 Å². The number of likely N-dealkylation sites (tertiary alicyclic amines) is 1. The van der Waals surface area contributed by atoms with Crippen molar-refractivity contribution < 1.29 is 27.8 Å². The van der Waals surface area contributed by atoms with E-state index in [1.165, 1.54) is 5.56 Å². The van der Waals surface area contributed by atoms with Gasteiger partial charge in [0.2, 0.25) is 0 Å². The summed E-state index contributed by atoms with van der Waals surface area (Å²) < 4.78 is 44.3. The number of anilines is 1. The third-order valence-corrected chi connectivity index (χ3v) is 8.43. The quantitative estimate of drug-likeness (QED) is 0.576. The van der Waals surface area contributed by atoms with E-state index in [0.29, 0.717) is 11.8 Å². The third-order valence-electron chi connectivity index (χ3n) is 8.43. The van der Waals surface area contributed by atoms with Crippen LogP contribution < -0.4 is 20.1 Å². The second-order valence-electron chi connectivity index (χ2n) is 10.3. The number of fused-ring (bicyclic) bond motifs is 1. The fraction of sp³-hybridized carbons (Fsp3) is 0.536. The molecule has 0 unspecified atom stereocenters. The number of amides is 2. The zero-order chi connectivity index (χ0) is 26.0. The van der Waals surface area contributed by atoms with Crippen LogP contribution in [-0.2, 0) is 10.2 Å². The second kappa shape index (κ2) is 10.8. The number of nitrogens with one attached hydrogen (secondary N) is 2. The van der Waals surface area contributed by atoms with Gasteiger partial charge < -0.3 is 24.8 Å². The number of ether oxygens (including phenoxy) is 3. The Balaban J connectivity index is 1.38. The molecule has 1 saturated carbocycles. The van der Waals surface area contributed by atoms with Crippen molar-refractivity contribution >= 4 is 11.7 Å². The zero-order valence-electron chi connectivity index (χ0n) is 21.4. The van der Waals surface area contributed by atoms with Gasteiger partial charge in [-0.05, 0) is 74.9 Å². The molecule has 7 nitrogen and oxygen atoms in total. The van der Waals surface area contributed by atoms with Gasteiger partial charge in [0.25, 0.3) is 0 Å². The Morgan fingerprint density at radius 1 is 1.03 bits per heavy atom. The van der Waals surface area contributed by atoms with Crippen molar-refractivity contribution in [2.75, 3.05) is 39.3 Å². The molecular weight excluding hydrogens is 480 g/mol. The zero-order valence-corrected chi connectivity index (χ0v) is 21.4. The number of rotatable bonds is 6. The minimum absolute atomic E-state index is 0.0683. The standard InChI is InChI=1S/C28H35F2N3O4/c1-35-24-6-3-18(15-25(24)36-2)28-10-7-20(31-27(34)32-23-16-19(29)4-5-22(23)30)17-26(28)33(12-11-28)21-8-13-37-14-9-21/h3-6,15-16,20-21,26H,7-14,17H2,1-2H3,(H2,31,32,34)/t20-,26+,28-/m0/s1. The van der Waals surface area contributed by atoms with E-state index in [4.69, 9.17) is 14.2 Å². The Morgan fingerprint density at radius 3 is 2.57 bits per heavy atom. The highest BCUT2D eigenvalue weighted by Gasteiger charge is 2.53. The fourth-order valence-corrected chi connectivity index (χ4v) is 6.59. The van der Waals surface area contributed by atoms with Gasteiger partial charge in [-0.25, -0.2) is 13.6 Å². The lowest BCUT2D eigenvalue weighted by molar-refractivity contribution is 0.0143. The normalized spacial score (nSPS) is 26.4. The fourth-order valence-electron chi connectivity index (χ4n) is 6.59. The van der Waals surface area contributed by atoms with Crippen LogP contribution in [0.2, 0.25) is 0 Å². The highest BCUT2D eigenvalue weighted by molar-refractivity contribution is 5.89. The van der Waals surface area contributed by atoms with Crippen LogP contribution in [0.25, 0.3) is 0 Å². The average molecular weight is 516 g/mol. The first-order chi connectivity index (χ1) is 17.9. The van der Waals surface area contributed by atoms with Crippen LogP contribution in [0.5, 0.6) is 11.5 Å². The molecule has 2 aliphatic heterocycles. The Bertz CT molecular complexity index is 1130. The largest absolute Gasteiger partial charge is 0.493 e. The van der Waals surface area contributed by atoms with Crippen LogP contribution in [0.3, 0.4) is 0 Å². The first-order valence-electron chi connectivity index (χ1n) is 13.0. The molecule has 200 valence electrons. The predicted octanol–water partition coefficient (Wildman–Crippen LogP) is 4.85. The van der Waals surface area contributed by atoms with Gasteiger partial charge in [0.05, 0.1) is 19.9 Å². The molecule has 9 heteroatoms. The van der Waals surface area contributed by atoms with Crippen molar-refractivity contribution in [2.24, 2.45) is 0 Å². The summed E-state index contributed by atoms with van der Waals surface area (Å²) in [6, 6.07) is 9.30. The summed E-state index contributed by atoms with van der Waals surface area (Å²) in [4.78, 5) is 15.4. The van der Waals surface area contributed by atoms with Gasteiger partial charge >= 0.3 is 6.03 Å². The van der Waals surface area contributed by atoms with E-state index >= 15 is 0 Å². The van der Waals surface area contributed by atoms with Crippen molar-refractivity contribution in [2.45, 2.75) is 62.1 Å². The molecule has 1 aliphatic carbocycles. The Labute approximate surface area is 216 Å². The van der Waals surface area contributed by atoms with Gasteiger partial charge in [0, 0.05) is 42.8 Å². The van der Waals surface area contributed by atoms with Crippen LogP contribution in [0, 0.1) is 11.6 Å². The second-order valence-corrected chi connectivity index (χ2v) is 10.3. The van der Waals surface area contributed by atoms with Gasteiger partial charge in [0.15, 0.2) is 11.5 Å². The first kappa shape index (κ1) is 25.7. The van der Waals surface area contributed by atoms with Crippen molar-refractivity contribution in [3.05, 3.63) is 53.6 Å². The molecule has 3 atom stereocenters. The van der Waals surface area contributed by atoms with Gasteiger partial charge in [0.1, 0.15) is 11.6 Å². The number of benzene rings is 2. The van der Waals surface area contributed by atoms with E-state index in [1.807, 2.05) is 6.07 Å². The number of methoxy groups -OCH3 is 2. The molecule has 2 heterocycles. The summed E-state index contributed by atoms with van der Waals surface area (Å²) in [6.07, 6.45) is 5.46. The number of carbonyl (C=O) groups excluding carboxylic acids is 1. The van der Waals surface area contributed by atoms with Crippen LogP contribution >= 0.6 is 0 Å². The number of hydrogen-bond donors (Lipinski definition) is 2. The lowest BCUT2D eigenvalue weighted by Crippen LogP contribution is -2.55. The molecule has 0 spiro atoms. The summed E-state index contributed by atoms with van der Waals surface area (Å²) >= 11 is 0. The number of hydrogen-bond acceptors (Lipinski definition) is 5. The van der Waals surface area contributed by atoms with Gasteiger partial charge in [-0.15, -0.1) is 0 Å². The smallest absolute Gasteiger partial charge is 0.319 e. The van der Waals surface area contributed by atoms with E-state index in [1.54, 1.807) is 14.2 Å². The van der Waals surface area contributed by atoms with Gasteiger partial charge in [-0.1, -0.05) is 6.07 Å². The monoisotopic (exact) mass is 515 g/mol. The summed E-state index contributed by atoms with van der Waals surface area (Å²) in [6.45, 7) is 2.51. The molecule has 0 radical (unpaired) electrons. The molecule has 2 N–H and O–H groups in total. The van der Waals surface area contributed by atoms with Gasteiger partial charge in [-0.2, -0.15) is 0 Å². The molecule has 2 aromatic rings.